The van der Waals surface area contributed by atoms with E-state index in [9.17, 15) is 15.0 Å². The monoisotopic (exact) mass is 794 g/mol. The molecule has 1 amide bonds. The van der Waals surface area contributed by atoms with Crippen LogP contribution in [0.25, 0.3) is 0 Å². The van der Waals surface area contributed by atoms with E-state index < -0.39 is 12.1 Å². The molecule has 0 radical (unpaired) electrons. The fourth-order valence-corrected chi connectivity index (χ4v) is 7.19. The summed E-state index contributed by atoms with van der Waals surface area (Å²) < 4.78 is 0. The highest BCUT2D eigenvalue weighted by Gasteiger charge is 2.17. The summed E-state index contributed by atoms with van der Waals surface area (Å²) in [5.41, 5.74) is 0. The Morgan fingerprint density at radius 1 is 0.439 bits per heavy atom. The molecule has 4 heteroatoms. The second kappa shape index (κ2) is 48.2. The molecule has 0 spiro atoms. The van der Waals surface area contributed by atoms with Crippen LogP contribution in [0, 0.1) is 0 Å². The Balaban J connectivity index is 3.59. The van der Waals surface area contributed by atoms with Gasteiger partial charge in [0, 0.05) is 6.42 Å². The highest BCUT2D eigenvalue weighted by atomic mass is 16.3. The minimum atomic E-state index is -0.877. The summed E-state index contributed by atoms with van der Waals surface area (Å²) in [4.78, 5) is 12.4. The molecular formula is C53H95NO3. The molecule has 0 aromatic rings. The number of amides is 1. The first-order chi connectivity index (χ1) is 28.2. The molecule has 0 aromatic carbocycles. The third-order valence-electron chi connectivity index (χ3n) is 10.9. The zero-order valence-electron chi connectivity index (χ0n) is 37.8. The Labute approximate surface area is 355 Å². The molecule has 2 atom stereocenters. The minimum Gasteiger partial charge on any atom is -0.394 e. The number of nitrogens with one attached hydrogen (secondary N) is 1. The van der Waals surface area contributed by atoms with Gasteiger partial charge in [-0.15, -0.1) is 0 Å². The van der Waals surface area contributed by atoms with Crippen molar-refractivity contribution >= 4 is 5.91 Å². The lowest BCUT2D eigenvalue weighted by atomic mass is 10.0. The van der Waals surface area contributed by atoms with Crippen molar-refractivity contribution in [1.29, 1.82) is 0 Å². The van der Waals surface area contributed by atoms with Gasteiger partial charge in [0.05, 0.1) is 18.8 Å². The lowest BCUT2D eigenvalue weighted by molar-refractivity contribution is -0.123. The Hall–Kier alpha value is -2.17. The number of hydrogen-bond donors (Lipinski definition) is 3. The smallest absolute Gasteiger partial charge is 0.220 e. The summed E-state index contributed by atoms with van der Waals surface area (Å²) in [6.07, 6.45) is 69.0. The van der Waals surface area contributed by atoms with E-state index in [4.69, 9.17) is 0 Å². The quantitative estimate of drug-likeness (QED) is 0.0425. The van der Waals surface area contributed by atoms with Crippen molar-refractivity contribution in [2.24, 2.45) is 0 Å². The third-order valence-corrected chi connectivity index (χ3v) is 10.9. The van der Waals surface area contributed by atoms with E-state index in [0.717, 1.165) is 77.0 Å². The molecule has 4 nitrogen and oxygen atoms in total. The van der Waals surface area contributed by atoms with Gasteiger partial charge in [-0.2, -0.15) is 0 Å². The molecule has 0 aromatic heterocycles. The van der Waals surface area contributed by atoms with E-state index >= 15 is 0 Å². The minimum absolute atomic E-state index is 0.0983. The average Bonchev–Trinajstić information content (AvgIpc) is 3.22. The number of carbonyl (C=O) groups excluding carboxylic acids is 1. The summed E-state index contributed by atoms with van der Waals surface area (Å²) >= 11 is 0. The summed E-state index contributed by atoms with van der Waals surface area (Å²) in [5.74, 6) is -0.0983. The van der Waals surface area contributed by atoms with Gasteiger partial charge in [0.25, 0.3) is 0 Å². The Morgan fingerprint density at radius 2 is 0.789 bits per heavy atom. The van der Waals surface area contributed by atoms with Crippen LogP contribution in [-0.4, -0.2) is 34.9 Å². The Morgan fingerprint density at radius 3 is 1.23 bits per heavy atom. The lowest BCUT2D eigenvalue weighted by Gasteiger charge is -2.19. The first-order valence-corrected chi connectivity index (χ1v) is 24.7. The highest BCUT2D eigenvalue weighted by Crippen LogP contribution is 2.16. The number of aliphatic hydroxyl groups excluding tert-OH is 2. The topological polar surface area (TPSA) is 69.6 Å². The lowest BCUT2D eigenvalue weighted by Crippen LogP contribution is -2.45. The van der Waals surface area contributed by atoms with E-state index in [2.05, 4.69) is 79.9 Å². The van der Waals surface area contributed by atoms with Crippen LogP contribution >= 0.6 is 0 Å². The number of carbonyl (C=O) groups is 1. The van der Waals surface area contributed by atoms with Gasteiger partial charge in [0.15, 0.2) is 0 Å². The molecule has 0 saturated carbocycles. The molecule has 0 heterocycles. The largest absolute Gasteiger partial charge is 0.394 e. The molecule has 0 rings (SSSR count). The molecule has 0 saturated heterocycles. The predicted molar refractivity (Wildman–Crippen MR) is 253 cm³/mol. The van der Waals surface area contributed by atoms with Crippen LogP contribution in [-0.2, 0) is 4.79 Å². The van der Waals surface area contributed by atoms with Crippen LogP contribution in [0.15, 0.2) is 72.9 Å². The number of hydrogen-bond acceptors (Lipinski definition) is 3. The zero-order valence-corrected chi connectivity index (χ0v) is 37.8. The third kappa shape index (κ3) is 44.8. The molecule has 57 heavy (non-hydrogen) atoms. The van der Waals surface area contributed by atoms with Gasteiger partial charge in [-0.05, 0) is 70.6 Å². The summed E-state index contributed by atoms with van der Waals surface area (Å²) in [6, 6.07) is -0.656. The standard InChI is InChI=1S/C53H95NO3/c1-3-5-7-9-11-13-15-17-19-21-22-23-24-25-26-27-28-29-30-31-33-34-36-38-40-42-44-46-48-52(56)51(50-55)54-53(57)49-47-45-43-41-39-37-35-32-20-18-16-14-12-10-8-6-4-2/h6,8,12,14,18,20,35,37-38,40,46,48,51-52,55-56H,3-5,7,9-11,13,15-17,19,21-34,36,39,41-45,47,49-50H2,1-2H3,(H,54,57)/b8-6-,14-12-,20-18-,37-35-,40-38+,48-46+. The summed E-state index contributed by atoms with van der Waals surface area (Å²) in [6.45, 7) is 4.18. The fraction of sp³-hybridized carbons (Fsp3) is 0.755. The predicted octanol–water partition coefficient (Wildman–Crippen LogP) is 15.9. The zero-order chi connectivity index (χ0) is 41.4. The first-order valence-electron chi connectivity index (χ1n) is 24.7. The molecule has 0 aliphatic carbocycles. The summed E-state index contributed by atoms with van der Waals surface area (Å²) in [7, 11) is 0. The maximum absolute atomic E-state index is 12.4. The SMILES string of the molecule is CC/C=C\C/C=C\C/C=C\C/C=C\CCCCCCC(=O)NC(CO)C(O)/C=C/CC/C=C/CCCCCCCCCCCCCCCCCCCCCCCC. The van der Waals surface area contributed by atoms with Gasteiger partial charge >= 0.3 is 0 Å². The molecule has 0 aliphatic heterocycles. The van der Waals surface area contributed by atoms with Crippen LogP contribution in [0.3, 0.4) is 0 Å². The van der Waals surface area contributed by atoms with Gasteiger partial charge in [-0.3, -0.25) is 4.79 Å². The maximum atomic E-state index is 12.4. The van der Waals surface area contributed by atoms with Crippen molar-refractivity contribution in [1.82, 2.24) is 5.32 Å². The van der Waals surface area contributed by atoms with Crippen molar-refractivity contribution in [3.63, 3.8) is 0 Å². The molecular weight excluding hydrogens is 699 g/mol. The number of unbranched alkanes of at least 4 members (excludes halogenated alkanes) is 27. The van der Waals surface area contributed by atoms with Crippen LogP contribution in [0.4, 0.5) is 0 Å². The van der Waals surface area contributed by atoms with Crippen LogP contribution < -0.4 is 5.32 Å². The van der Waals surface area contributed by atoms with E-state index in [1.807, 2.05) is 6.08 Å². The van der Waals surface area contributed by atoms with Gasteiger partial charge in [-0.25, -0.2) is 0 Å². The van der Waals surface area contributed by atoms with Crippen molar-refractivity contribution in [3.8, 4) is 0 Å². The molecule has 2 unspecified atom stereocenters. The van der Waals surface area contributed by atoms with Crippen LogP contribution in [0.5, 0.6) is 0 Å². The van der Waals surface area contributed by atoms with Gasteiger partial charge in [0.1, 0.15) is 0 Å². The molecule has 0 aliphatic rings. The van der Waals surface area contributed by atoms with Gasteiger partial charge in [0.2, 0.25) is 5.91 Å². The van der Waals surface area contributed by atoms with E-state index in [1.54, 1.807) is 6.08 Å². The number of rotatable bonds is 44. The molecule has 0 bridgehead atoms. The molecule has 3 N–H and O–H groups in total. The number of allylic oxidation sites excluding steroid dienone is 11. The Bertz CT molecular complexity index is 992. The van der Waals surface area contributed by atoms with Gasteiger partial charge in [-0.1, -0.05) is 234 Å². The van der Waals surface area contributed by atoms with E-state index in [0.29, 0.717) is 6.42 Å². The average molecular weight is 794 g/mol. The van der Waals surface area contributed by atoms with Crippen LogP contribution in [0.1, 0.15) is 239 Å². The van der Waals surface area contributed by atoms with Crippen molar-refractivity contribution in [2.45, 2.75) is 251 Å². The van der Waals surface area contributed by atoms with Crippen LogP contribution in [0.2, 0.25) is 0 Å². The van der Waals surface area contributed by atoms with Crippen molar-refractivity contribution in [2.75, 3.05) is 6.61 Å². The van der Waals surface area contributed by atoms with Crippen molar-refractivity contribution < 1.29 is 15.0 Å². The summed E-state index contributed by atoms with van der Waals surface area (Å²) in [5, 5.41) is 23.0. The van der Waals surface area contributed by atoms with E-state index in [1.165, 1.54) is 141 Å². The van der Waals surface area contributed by atoms with Gasteiger partial charge < -0.3 is 15.5 Å². The maximum Gasteiger partial charge on any atom is 0.220 e. The first kappa shape index (κ1) is 54.8. The second-order valence-corrected chi connectivity index (χ2v) is 16.5. The normalized spacial score (nSPS) is 13.5. The van der Waals surface area contributed by atoms with E-state index in [-0.39, 0.29) is 12.5 Å². The number of aliphatic hydroxyl groups is 2. The molecule has 0 fully saturated rings. The fourth-order valence-electron chi connectivity index (χ4n) is 7.19. The second-order valence-electron chi connectivity index (χ2n) is 16.5. The van der Waals surface area contributed by atoms with Crippen molar-refractivity contribution in [3.05, 3.63) is 72.9 Å². The molecule has 330 valence electrons. The Kier molecular flexibility index (Phi) is 46.4. The highest BCUT2D eigenvalue weighted by molar-refractivity contribution is 5.76.